The second kappa shape index (κ2) is 3.70. The maximum atomic E-state index is 11.5. The molecule has 0 spiro atoms. The molecular formula is C12H21NO3. The Morgan fingerprint density at radius 3 is 2.50 bits per heavy atom. The topological polar surface area (TPSA) is 60.8 Å². The molecule has 4 nitrogen and oxygen atoms in total. The summed E-state index contributed by atoms with van der Waals surface area (Å²) in [6, 6.07) is 0. The van der Waals surface area contributed by atoms with Gasteiger partial charge in [-0.1, -0.05) is 0 Å². The lowest BCUT2D eigenvalue weighted by molar-refractivity contribution is -0.192. The molecule has 1 unspecified atom stereocenters. The van der Waals surface area contributed by atoms with Gasteiger partial charge in [-0.3, -0.25) is 4.79 Å². The predicted octanol–water partition coefficient (Wildman–Crippen LogP) is 0.944. The number of carboxylic acids is 1. The third-order valence-electron chi connectivity index (χ3n) is 4.22. The average molecular weight is 227 g/mol. The van der Waals surface area contributed by atoms with Crippen LogP contribution in [0.4, 0.5) is 0 Å². The summed E-state index contributed by atoms with van der Waals surface area (Å²) >= 11 is 0. The Balaban J connectivity index is 2.12. The van der Waals surface area contributed by atoms with Crippen LogP contribution < -0.4 is 0 Å². The Kier molecular flexibility index (Phi) is 2.75. The highest BCUT2D eigenvalue weighted by Crippen LogP contribution is 2.55. The van der Waals surface area contributed by atoms with Crippen LogP contribution in [0, 0.1) is 11.3 Å². The quantitative estimate of drug-likeness (QED) is 0.737. The van der Waals surface area contributed by atoms with Gasteiger partial charge < -0.3 is 15.1 Å². The molecule has 1 aliphatic heterocycles. The third kappa shape index (κ3) is 1.84. The predicted molar refractivity (Wildman–Crippen MR) is 60.1 cm³/mol. The average Bonchev–Trinajstić information content (AvgIpc) is 2.13. The molecule has 1 atom stereocenters. The van der Waals surface area contributed by atoms with Gasteiger partial charge in [-0.2, -0.15) is 0 Å². The Morgan fingerprint density at radius 2 is 2.06 bits per heavy atom. The molecule has 92 valence electrons. The Hall–Kier alpha value is -0.610. The first-order valence-electron chi connectivity index (χ1n) is 6.00. The maximum Gasteiger partial charge on any atom is 0.310 e. The summed E-state index contributed by atoms with van der Waals surface area (Å²) in [5.74, 6) is -0.525. The van der Waals surface area contributed by atoms with Crippen LogP contribution in [-0.2, 0) is 4.79 Å². The molecule has 2 N–H and O–H groups in total. The maximum absolute atomic E-state index is 11.5. The number of rotatable bonds is 2. The lowest BCUT2D eigenvalue weighted by Gasteiger charge is -2.54. The van der Waals surface area contributed by atoms with Crippen molar-refractivity contribution < 1.29 is 15.0 Å². The van der Waals surface area contributed by atoms with Crippen molar-refractivity contribution in [2.24, 2.45) is 11.3 Å². The van der Waals surface area contributed by atoms with Crippen molar-refractivity contribution in [1.29, 1.82) is 0 Å². The van der Waals surface area contributed by atoms with E-state index in [4.69, 9.17) is 0 Å². The van der Waals surface area contributed by atoms with Crippen molar-refractivity contribution >= 4 is 5.97 Å². The van der Waals surface area contributed by atoms with Gasteiger partial charge in [0.15, 0.2) is 0 Å². The number of piperidine rings is 1. The number of aliphatic hydroxyl groups is 1. The van der Waals surface area contributed by atoms with Crippen LogP contribution in [0.5, 0.6) is 0 Å². The van der Waals surface area contributed by atoms with Gasteiger partial charge in [0.2, 0.25) is 0 Å². The van der Waals surface area contributed by atoms with Crippen molar-refractivity contribution in [3.63, 3.8) is 0 Å². The van der Waals surface area contributed by atoms with Crippen molar-refractivity contribution in [3.05, 3.63) is 0 Å². The standard InChI is InChI=1S/C12H21NO3/c1-11(16)7-12(8-11,10(14)15)9-4-3-5-13(2)6-9/h9,16H,3-8H2,1-2H3,(H,14,15). The number of carboxylic acid groups (broad SMARTS) is 1. The van der Waals surface area contributed by atoms with Crippen LogP contribution in [0.3, 0.4) is 0 Å². The van der Waals surface area contributed by atoms with Crippen LogP contribution in [0.2, 0.25) is 0 Å². The Bertz CT molecular complexity index is 293. The second-order valence-corrected chi connectivity index (χ2v) is 5.91. The zero-order valence-corrected chi connectivity index (χ0v) is 10.1. The molecule has 1 saturated carbocycles. The first-order valence-corrected chi connectivity index (χ1v) is 6.00. The molecule has 16 heavy (non-hydrogen) atoms. The summed E-state index contributed by atoms with van der Waals surface area (Å²) in [6.07, 6.45) is 2.87. The molecule has 2 rings (SSSR count). The molecule has 0 radical (unpaired) electrons. The number of carbonyl (C=O) groups is 1. The van der Waals surface area contributed by atoms with Crippen LogP contribution in [0.25, 0.3) is 0 Å². The van der Waals surface area contributed by atoms with E-state index in [0.717, 1.165) is 25.9 Å². The fraction of sp³-hybridized carbons (Fsp3) is 0.917. The van der Waals surface area contributed by atoms with Crippen molar-refractivity contribution in [1.82, 2.24) is 4.90 Å². The van der Waals surface area contributed by atoms with Gasteiger partial charge in [-0.05, 0) is 52.1 Å². The lowest BCUT2D eigenvalue weighted by Crippen LogP contribution is -2.60. The fourth-order valence-electron chi connectivity index (χ4n) is 3.54. The summed E-state index contributed by atoms with van der Waals surface area (Å²) < 4.78 is 0. The number of nitrogens with zero attached hydrogens (tertiary/aromatic N) is 1. The van der Waals surface area contributed by atoms with E-state index in [9.17, 15) is 15.0 Å². The summed E-state index contributed by atoms with van der Waals surface area (Å²) in [4.78, 5) is 13.7. The summed E-state index contributed by atoms with van der Waals surface area (Å²) in [6.45, 7) is 3.64. The Labute approximate surface area is 96.3 Å². The van der Waals surface area contributed by atoms with E-state index in [1.165, 1.54) is 0 Å². The van der Waals surface area contributed by atoms with Crippen molar-refractivity contribution in [2.75, 3.05) is 20.1 Å². The van der Waals surface area contributed by atoms with E-state index < -0.39 is 17.0 Å². The number of aliphatic carboxylic acids is 1. The summed E-state index contributed by atoms with van der Waals surface area (Å²) in [5, 5.41) is 19.2. The zero-order valence-electron chi connectivity index (χ0n) is 10.1. The molecule has 1 saturated heterocycles. The number of hydrogen-bond acceptors (Lipinski definition) is 3. The van der Waals surface area contributed by atoms with Crippen LogP contribution >= 0.6 is 0 Å². The number of hydrogen-bond donors (Lipinski definition) is 2. The summed E-state index contributed by atoms with van der Waals surface area (Å²) in [7, 11) is 2.04. The smallest absolute Gasteiger partial charge is 0.310 e. The molecular weight excluding hydrogens is 206 g/mol. The molecule has 0 bridgehead atoms. The van der Waals surface area contributed by atoms with Gasteiger partial charge in [-0.25, -0.2) is 0 Å². The molecule has 1 heterocycles. The van der Waals surface area contributed by atoms with Crippen LogP contribution in [0.15, 0.2) is 0 Å². The van der Waals surface area contributed by atoms with Crippen molar-refractivity contribution in [2.45, 2.75) is 38.2 Å². The van der Waals surface area contributed by atoms with Gasteiger partial charge in [0, 0.05) is 6.54 Å². The van der Waals surface area contributed by atoms with E-state index >= 15 is 0 Å². The molecule has 4 heteroatoms. The Morgan fingerprint density at radius 1 is 1.44 bits per heavy atom. The van der Waals surface area contributed by atoms with Crippen molar-refractivity contribution in [3.8, 4) is 0 Å². The minimum absolute atomic E-state index is 0.198. The van der Waals surface area contributed by atoms with E-state index in [1.54, 1.807) is 6.92 Å². The fourth-order valence-corrected chi connectivity index (χ4v) is 3.54. The molecule has 1 aliphatic carbocycles. The minimum Gasteiger partial charge on any atom is -0.481 e. The van der Waals surface area contributed by atoms with Gasteiger partial charge in [0.05, 0.1) is 11.0 Å². The highest BCUT2D eigenvalue weighted by molar-refractivity contribution is 5.77. The zero-order chi connectivity index (χ0) is 12.0. The summed E-state index contributed by atoms with van der Waals surface area (Å²) in [5.41, 5.74) is -1.44. The third-order valence-corrected chi connectivity index (χ3v) is 4.22. The van der Waals surface area contributed by atoms with E-state index in [0.29, 0.717) is 12.8 Å². The van der Waals surface area contributed by atoms with Gasteiger partial charge in [0.25, 0.3) is 0 Å². The van der Waals surface area contributed by atoms with E-state index in [1.807, 2.05) is 7.05 Å². The first kappa shape index (κ1) is 11.9. The minimum atomic E-state index is -0.769. The highest BCUT2D eigenvalue weighted by atomic mass is 16.4. The molecule has 0 aromatic heterocycles. The molecule has 0 amide bonds. The van der Waals surface area contributed by atoms with Gasteiger partial charge >= 0.3 is 5.97 Å². The van der Waals surface area contributed by atoms with Crippen LogP contribution in [0.1, 0.15) is 32.6 Å². The molecule has 0 aromatic carbocycles. The normalized spacial score (nSPS) is 45.1. The second-order valence-electron chi connectivity index (χ2n) is 5.91. The lowest BCUT2D eigenvalue weighted by atomic mass is 9.53. The van der Waals surface area contributed by atoms with E-state index in [2.05, 4.69) is 4.90 Å². The SMILES string of the molecule is CN1CCCC(C2(C(=O)O)CC(C)(O)C2)C1. The van der Waals surface area contributed by atoms with Gasteiger partial charge in [-0.15, -0.1) is 0 Å². The van der Waals surface area contributed by atoms with E-state index in [-0.39, 0.29) is 5.92 Å². The molecule has 2 aliphatic rings. The first-order chi connectivity index (χ1) is 7.36. The van der Waals surface area contributed by atoms with Gasteiger partial charge in [0.1, 0.15) is 0 Å². The largest absolute Gasteiger partial charge is 0.481 e. The number of likely N-dealkylation sites (tertiary alicyclic amines) is 1. The van der Waals surface area contributed by atoms with Crippen LogP contribution in [-0.4, -0.2) is 46.8 Å². The monoisotopic (exact) mass is 227 g/mol. The molecule has 0 aromatic rings. The highest BCUT2D eigenvalue weighted by Gasteiger charge is 2.60. The molecule has 2 fully saturated rings.